The van der Waals surface area contributed by atoms with Crippen LogP contribution in [0.25, 0.3) is 0 Å². The molecule has 4 nitrogen and oxygen atoms in total. The van der Waals surface area contributed by atoms with Crippen molar-refractivity contribution in [2.45, 2.75) is 110 Å². The molecule has 0 aliphatic carbocycles. The van der Waals surface area contributed by atoms with Gasteiger partial charge in [-0.3, -0.25) is 4.48 Å². The van der Waals surface area contributed by atoms with Crippen molar-refractivity contribution < 1.29 is 0 Å². The smallest absolute Gasteiger partial charge is 0.262 e. The van der Waals surface area contributed by atoms with E-state index in [2.05, 4.69) is 36.0 Å². The zero-order chi connectivity index (χ0) is 21.4. The normalized spacial score (nSPS) is 11.9. The van der Waals surface area contributed by atoms with E-state index in [1.165, 1.54) is 96.3 Å². The second kappa shape index (κ2) is 16.3. The minimum atomic E-state index is 0.165. The standard InChI is InChI=1S/C23H43Cl2N4/c1-4-5-6-7-8-9-10-11-12-13-14-15-16-17-18-19-20-29(2,3)23-27-21(24)26-22(25)28-23/h4-20H2,1-3H3/q+1. The molecule has 0 saturated heterocycles. The zero-order valence-corrected chi connectivity index (χ0v) is 20.6. The lowest BCUT2D eigenvalue weighted by atomic mass is 10.0. The molecule has 0 bridgehead atoms. The van der Waals surface area contributed by atoms with Gasteiger partial charge in [-0.15, -0.1) is 9.97 Å². The summed E-state index contributed by atoms with van der Waals surface area (Å²) in [6, 6.07) is 0. The summed E-state index contributed by atoms with van der Waals surface area (Å²) >= 11 is 11.8. The predicted molar refractivity (Wildman–Crippen MR) is 128 cm³/mol. The number of quaternary nitrogens is 1. The van der Waals surface area contributed by atoms with Gasteiger partial charge in [-0.2, -0.15) is 4.98 Å². The number of rotatable bonds is 18. The molecule has 1 aromatic heterocycles. The highest BCUT2D eigenvalue weighted by Gasteiger charge is 2.23. The number of hydrogen-bond donors (Lipinski definition) is 0. The van der Waals surface area contributed by atoms with E-state index in [1.54, 1.807) is 0 Å². The zero-order valence-electron chi connectivity index (χ0n) is 19.1. The van der Waals surface area contributed by atoms with Crippen molar-refractivity contribution in [3.63, 3.8) is 0 Å². The molecule has 0 unspecified atom stereocenters. The van der Waals surface area contributed by atoms with Gasteiger partial charge in [0.25, 0.3) is 0 Å². The SMILES string of the molecule is CCCCCCCCCCCCCCCCCC[N+](C)(C)c1nc(Cl)nc(Cl)n1. The minimum absolute atomic E-state index is 0.165. The average Bonchev–Trinajstić information content (AvgIpc) is 2.67. The molecular weight excluding hydrogens is 403 g/mol. The van der Waals surface area contributed by atoms with E-state index in [9.17, 15) is 0 Å². The number of unbranched alkanes of at least 4 members (excludes halogenated alkanes) is 15. The topological polar surface area (TPSA) is 38.7 Å². The summed E-state index contributed by atoms with van der Waals surface area (Å²) in [5, 5.41) is 0.330. The van der Waals surface area contributed by atoms with Crippen LogP contribution in [0.4, 0.5) is 5.95 Å². The maximum Gasteiger partial charge on any atom is 0.334 e. The Morgan fingerprint density at radius 3 is 1.28 bits per heavy atom. The summed E-state index contributed by atoms with van der Waals surface area (Å²) in [5.74, 6) is 0.635. The van der Waals surface area contributed by atoms with Crippen molar-refractivity contribution in [2.24, 2.45) is 0 Å². The van der Waals surface area contributed by atoms with Crippen molar-refractivity contribution in [3.05, 3.63) is 10.6 Å². The fraction of sp³-hybridized carbons (Fsp3) is 0.870. The lowest BCUT2D eigenvalue weighted by Gasteiger charge is -2.26. The lowest BCUT2D eigenvalue weighted by molar-refractivity contribution is 0.362. The summed E-state index contributed by atoms with van der Waals surface area (Å²) < 4.78 is 0.584. The van der Waals surface area contributed by atoms with E-state index in [0.717, 1.165) is 13.0 Å². The summed E-state index contributed by atoms with van der Waals surface area (Å²) in [5.41, 5.74) is 0. The van der Waals surface area contributed by atoms with Gasteiger partial charge in [0.05, 0.1) is 20.6 Å². The molecule has 0 fully saturated rings. The molecular formula is C23H43Cl2N4+. The molecule has 29 heavy (non-hydrogen) atoms. The predicted octanol–water partition coefficient (Wildman–Crippen LogP) is 8.01. The Labute approximate surface area is 189 Å². The number of hydrogen-bond acceptors (Lipinski definition) is 3. The van der Waals surface area contributed by atoms with Gasteiger partial charge in [0.15, 0.2) is 0 Å². The van der Waals surface area contributed by atoms with Crippen LogP contribution in [0.3, 0.4) is 0 Å². The van der Waals surface area contributed by atoms with Crippen LogP contribution in [0, 0.1) is 0 Å². The van der Waals surface area contributed by atoms with Crippen molar-refractivity contribution >= 4 is 29.2 Å². The Bertz CT molecular complexity index is 517. The molecule has 6 heteroatoms. The van der Waals surface area contributed by atoms with Gasteiger partial charge in [-0.1, -0.05) is 96.8 Å². The summed E-state index contributed by atoms with van der Waals surface area (Å²) in [6.45, 7) is 3.27. The fourth-order valence-corrected chi connectivity index (χ4v) is 4.10. The molecule has 1 heterocycles. The van der Waals surface area contributed by atoms with Crippen LogP contribution in [-0.4, -0.2) is 35.6 Å². The van der Waals surface area contributed by atoms with Crippen LogP contribution in [0.15, 0.2) is 0 Å². The van der Waals surface area contributed by atoms with E-state index in [0.29, 0.717) is 10.4 Å². The molecule has 1 rings (SSSR count). The minimum Gasteiger partial charge on any atom is -0.262 e. The van der Waals surface area contributed by atoms with E-state index in [1.807, 2.05) is 0 Å². The van der Waals surface area contributed by atoms with E-state index in [-0.39, 0.29) is 10.6 Å². The molecule has 168 valence electrons. The van der Waals surface area contributed by atoms with Crippen LogP contribution in [-0.2, 0) is 0 Å². The first-order valence-corrected chi connectivity index (χ1v) is 12.6. The Hall–Kier alpha value is -0.450. The molecule has 0 radical (unpaired) electrons. The Kier molecular flexibility index (Phi) is 14.9. The Morgan fingerprint density at radius 2 is 0.897 bits per heavy atom. The third-order valence-electron chi connectivity index (χ3n) is 5.68. The largest absolute Gasteiger partial charge is 0.334 e. The maximum absolute atomic E-state index is 5.90. The number of nitrogens with zero attached hydrogens (tertiary/aromatic N) is 4. The monoisotopic (exact) mass is 445 g/mol. The molecule has 0 N–H and O–H groups in total. The molecule has 0 spiro atoms. The van der Waals surface area contributed by atoms with Crippen molar-refractivity contribution in [1.82, 2.24) is 19.4 Å². The molecule has 0 saturated carbocycles. The number of halogens is 2. The second-order valence-electron chi connectivity index (χ2n) is 8.89. The quantitative estimate of drug-likeness (QED) is 0.169. The van der Waals surface area contributed by atoms with E-state index < -0.39 is 0 Å². The van der Waals surface area contributed by atoms with E-state index >= 15 is 0 Å². The average molecular weight is 447 g/mol. The second-order valence-corrected chi connectivity index (χ2v) is 9.56. The van der Waals surface area contributed by atoms with Crippen LogP contribution < -0.4 is 4.48 Å². The summed E-state index contributed by atoms with van der Waals surface area (Å²) in [7, 11) is 4.18. The first-order valence-electron chi connectivity index (χ1n) is 11.9. The van der Waals surface area contributed by atoms with Gasteiger partial charge in [-0.05, 0) is 36.0 Å². The van der Waals surface area contributed by atoms with Crippen molar-refractivity contribution in [3.8, 4) is 0 Å². The van der Waals surface area contributed by atoms with Crippen LogP contribution in [0.5, 0.6) is 0 Å². The first kappa shape index (κ1) is 26.6. The lowest BCUT2D eigenvalue weighted by Crippen LogP contribution is -2.43. The Morgan fingerprint density at radius 1 is 0.552 bits per heavy atom. The van der Waals surface area contributed by atoms with Gasteiger partial charge in [-0.25, -0.2) is 0 Å². The molecule has 0 amide bonds. The van der Waals surface area contributed by atoms with Gasteiger partial charge < -0.3 is 0 Å². The third-order valence-corrected chi connectivity index (χ3v) is 6.02. The van der Waals surface area contributed by atoms with E-state index in [4.69, 9.17) is 23.2 Å². The molecule has 1 aromatic rings. The summed E-state index contributed by atoms with van der Waals surface area (Å²) in [6.07, 6.45) is 22.1. The fourth-order valence-electron chi connectivity index (χ4n) is 3.74. The number of aromatic nitrogens is 3. The highest BCUT2D eigenvalue weighted by Crippen LogP contribution is 2.19. The first-order chi connectivity index (χ1) is 14.0. The highest BCUT2D eigenvalue weighted by atomic mass is 35.5. The molecule has 0 aromatic carbocycles. The Balaban J connectivity index is 1.93. The van der Waals surface area contributed by atoms with Crippen molar-refractivity contribution in [2.75, 3.05) is 20.6 Å². The van der Waals surface area contributed by atoms with Crippen molar-refractivity contribution in [1.29, 1.82) is 0 Å². The van der Waals surface area contributed by atoms with Crippen LogP contribution in [0.1, 0.15) is 110 Å². The van der Waals surface area contributed by atoms with Gasteiger partial charge in [0.2, 0.25) is 10.6 Å². The third kappa shape index (κ3) is 13.5. The summed E-state index contributed by atoms with van der Waals surface area (Å²) in [4.78, 5) is 12.3. The maximum atomic E-state index is 5.90. The molecule has 0 aliphatic heterocycles. The molecule has 0 atom stereocenters. The van der Waals surface area contributed by atoms with Gasteiger partial charge >= 0.3 is 5.95 Å². The van der Waals surface area contributed by atoms with Gasteiger partial charge in [0, 0.05) is 0 Å². The molecule has 0 aliphatic rings. The highest BCUT2D eigenvalue weighted by molar-refractivity contribution is 6.31. The van der Waals surface area contributed by atoms with Crippen LogP contribution in [0.2, 0.25) is 10.6 Å². The van der Waals surface area contributed by atoms with Gasteiger partial charge in [0.1, 0.15) is 0 Å². The van der Waals surface area contributed by atoms with Crippen LogP contribution >= 0.6 is 23.2 Å².